The molecular formula is C20H19N5O2. The molecule has 7 heteroatoms. The van der Waals surface area contributed by atoms with Gasteiger partial charge in [0.15, 0.2) is 5.82 Å². The lowest BCUT2D eigenvalue weighted by molar-refractivity contribution is -0.116. The molecule has 2 heterocycles. The zero-order valence-electron chi connectivity index (χ0n) is 14.9. The summed E-state index contributed by atoms with van der Waals surface area (Å²) in [5.74, 6) is 1.80. The molecule has 0 aliphatic rings. The number of ether oxygens (including phenoxy) is 1. The molecule has 0 saturated carbocycles. The van der Waals surface area contributed by atoms with E-state index in [-0.39, 0.29) is 19.1 Å². The number of hydrogen-bond donors (Lipinski definition) is 1. The fourth-order valence-electron chi connectivity index (χ4n) is 2.88. The highest BCUT2D eigenvalue weighted by molar-refractivity contribution is 5.90. The molecular weight excluding hydrogens is 342 g/mol. The number of aryl methyl sites for hydroxylation is 1. The number of nitrogens with one attached hydrogen (secondary N) is 1. The van der Waals surface area contributed by atoms with Crippen LogP contribution in [0.3, 0.4) is 0 Å². The van der Waals surface area contributed by atoms with Crippen molar-refractivity contribution in [2.24, 2.45) is 7.05 Å². The Hall–Kier alpha value is -3.61. The van der Waals surface area contributed by atoms with Gasteiger partial charge in [0.05, 0.1) is 11.0 Å². The molecule has 1 N–H and O–H groups in total. The molecule has 27 heavy (non-hydrogen) atoms. The topological polar surface area (TPSA) is 74.0 Å². The lowest BCUT2D eigenvalue weighted by atomic mass is 10.3. The minimum Gasteiger partial charge on any atom is -0.486 e. The van der Waals surface area contributed by atoms with Gasteiger partial charge in [-0.1, -0.05) is 30.3 Å². The van der Waals surface area contributed by atoms with Crippen molar-refractivity contribution >= 4 is 22.8 Å². The number of amides is 1. The summed E-state index contributed by atoms with van der Waals surface area (Å²) in [5.41, 5.74) is 1.72. The van der Waals surface area contributed by atoms with Crippen LogP contribution >= 0.6 is 0 Å². The minimum absolute atomic E-state index is 0.130. The molecule has 0 radical (unpaired) electrons. The summed E-state index contributed by atoms with van der Waals surface area (Å²) in [5, 5.41) is 6.98. The normalized spacial score (nSPS) is 10.9. The average Bonchev–Trinajstić information content (AvgIpc) is 3.24. The first kappa shape index (κ1) is 16.8. The molecule has 0 fully saturated rings. The molecule has 0 saturated heterocycles. The molecule has 4 aromatic rings. The van der Waals surface area contributed by atoms with Crippen molar-refractivity contribution in [1.82, 2.24) is 19.3 Å². The molecule has 4 rings (SSSR count). The quantitative estimate of drug-likeness (QED) is 0.573. The van der Waals surface area contributed by atoms with Gasteiger partial charge in [0, 0.05) is 19.3 Å². The zero-order valence-corrected chi connectivity index (χ0v) is 14.9. The number of para-hydroxylation sites is 3. The first-order valence-corrected chi connectivity index (χ1v) is 8.60. The van der Waals surface area contributed by atoms with Gasteiger partial charge in [-0.3, -0.25) is 9.48 Å². The first-order chi connectivity index (χ1) is 13.2. The smallest absolute Gasteiger partial charge is 0.245 e. The molecule has 2 aromatic carbocycles. The third-order valence-corrected chi connectivity index (χ3v) is 4.13. The van der Waals surface area contributed by atoms with Crippen molar-refractivity contribution in [2.45, 2.75) is 13.2 Å². The maximum atomic E-state index is 12.5. The minimum atomic E-state index is -0.169. The number of nitrogens with zero attached hydrogens (tertiary/aromatic N) is 4. The first-order valence-electron chi connectivity index (χ1n) is 8.60. The molecule has 0 bridgehead atoms. The van der Waals surface area contributed by atoms with Crippen LogP contribution in [0.25, 0.3) is 11.0 Å². The SMILES string of the molecule is Cn1ccc(NC(=O)Cn2c(COc3ccccc3)nc3ccccc32)n1. The summed E-state index contributed by atoms with van der Waals surface area (Å²) < 4.78 is 9.35. The fraction of sp³-hybridized carbons (Fsp3) is 0.150. The predicted octanol–water partition coefficient (Wildman–Crippen LogP) is 2.99. The van der Waals surface area contributed by atoms with Crippen LogP contribution in [0, 0.1) is 0 Å². The van der Waals surface area contributed by atoms with E-state index in [9.17, 15) is 4.79 Å². The van der Waals surface area contributed by atoms with Gasteiger partial charge < -0.3 is 14.6 Å². The number of aromatic nitrogens is 4. The number of benzene rings is 2. The standard InChI is InChI=1S/C20H19N5O2/c1-24-12-11-18(23-24)22-20(26)13-25-17-10-6-5-9-16(17)21-19(25)14-27-15-7-3-2-4-8-15/h2-12H,13-14H2,1H3,(H,22,23,26). The van der Waals surface area contributed by atoms with Crippen LogP contribution in [0.15, 0.2) is 66.9 Å². The van der Waals surface area contributed by atoms with E-state index >= 15 is 0 Å². The van der Waals surface area contributed by atoms with Gasteiger partial charge in [-0.2, -0.15) is 5.10 Å². The maximum absolute atomic E-state index is 12.5. The van der Waals surface area contributed by atoms with E-state index in [1.165, 1.54) is 0 Å². The molecule has 0 spiro atoms. The molecule has 0 atom stereocenters. The van der Waals surface area contributed by atoms with E-state index in [0.29, 0.717) is 11.6 Å². The molecule has 2 aromatic heterocycles. The predicted molar refractivity (Wildman–Crippen MR) is 102 cm³/mol. The van der Waals surface area contributed by atoms with Crippen LogP contribution in [-0.2, 0) is 25.0 Å². The van der Waals surface area contributed by atoms with E-state index in [0.717, 1.165) is 16.8 Å². The van der Waals surface area contributed by atoms with Crippen molar-refractivity contribution < 1.29 is 9.53 Å². The highest BCUT2D eigenvalue weighted by Crippen LogP contribution is 2.18. The van der Waals surface area contributed by atoms with Crippen LogP contribution in [0.5, 0.6) is 5.75 Å². The third kappa shape index (κ3) is 3.82. The molecule has 136 valence electrons. The van der Waals surface area contributed by atoms with Gasteiger partial charge in [0.1, 0.15) is 24.7 Å². The summed E-state index contributed by atoms with van der Waals surface area (Å²) in [6, 6.07) is 19.0. The summed E-state index contributed by atoms with van der Waals surface area (Å²) in [6.45, 7) is 0.403. The van der Waals surface area contributed by atoms with Gasteiger partial charge in [-0.05, 0) is 24.3 Å². The molecule has 7 nitrogen and oxygen atoms in total. The van der Waals surface area contributed by atoms with Crippen LogP contribution in [0.2, 0.25) is 0 Å². The fourth-order valence-corrected chi connectivity index (χ4v) is 2.88. The number of carbonyl (C=O) groups excluding carboxylic acids is 1. The van der Waals surface area contributed by atoms with Gasteiger partial charge in [-0.25, -0.2) is 4.98 Å². The highest BCUT2D eigenvalue weighted by atomic mass is 16.5. The number of fused-ring (bicyclic) bond motifs is 1. The summed E-state index contributed by atoms with van der Waals surface area (Å²) in [6.07, 6.45) is 1.78. The van der Waals surface area contributed by atoms with E-state index in [1.54, 1.807) is 24.0 Å². The van der Waals surface area contributed by atoms with Gasteiger partial charge >= 0.3 is 0 Å². The van der Waals surface area contributed by atoms with Crippen LogP contribution in [0.4, 0.5) is 5.82 Å². The Morgan fingerprint density at radius 1 is 1.07 bits per heavy atom. The van der Waals surface area contributed by atoms with E-state index in [1.807, 2.05) is 59.2 Å². The Balaban J connectivity index is 1.56. The van der Waals surface area contributed by atoms with Crippen molar-refractivity contribution in [3.05, 3.63) is 72.7 Å². The second kappa shape index (κ2) is 7.33. The molecule has 0 unspecified atom stereocenters. The van der Waals surface area contributed by atoms with Crippen LogP contribution in [-0.4, -0.2) is 25.2 Å². The summed E-state index contributed by atoms with van der Waals surface area (Å²) in [4.78, 5) is 17.1. The Kier molecular flexibility index (Phi) is 4.57. The lowest BCUT2D eigenvalue weighted by Crippen LogP contribution is -2.21. The number of hydrogen-bond acceptors (Lipinski definition) is 4. The van der Waals surface area contributed by atoms with E-state index in [4.69, 9.17) is 4.74 Å². The van der Waals surface area contributed by atoms with Gasteiger partial charge in [0.2, 0.25) is 5.91 Å². The monoisotopic (exact) mass is 361 g/mol. The zero-order chi connectivity index (χ0) is 18.6. The van der Waals surface area contributed by atoms with Crippen LogP contribution in [0.1, 0.15) is 5.82 Å². The number of imidazole rings is 1. The number of anilines is 1. The van der Waals surface area contributed by atoms with Crippen LogP contribution < -0.4 is 10.1 Å². The van der Waals surface area contributed by atoms with Gasteiger partial charge in [-0.15, -0.1) is 0 Å². The average molecular weight is 361 g/mol. The van der Waals surface area contributed by atoms with Crippen molar-refractivity contribution in [1.29, 1.82) is 0 Å². The van der Waals surface area contributed by atoms with Crippen molar-refractivity contribution in [3.63, 3.8) is 0 Å². The van der Waals surface area contributed by atoms with E-state index in [2.05, 4.69) is 15.4 Å². The van der Waals surface area contributed by atoms with Crippen molar-refractivity contribution in [3.8, 4) is 5.75 Å². The second-order valence-electron chi connectivity index (χ2n) is 6.13. The Bertz CT molecular complexity index is 1070. The summed E-state index contributed by atoms with van der Waals surface area (Å²) >= 11 is 0. The highest BCUT2D eigenvalue weighted by Gasteiger charge is 2.15. The Labute approximate surface area is 156 Å². The maximum Gasteiger partial charge on any atom is 0.245 e. The third-order valence-electron chi connectivity index (χ3n) is 4.13. The van der Waals surface area contributed by atoms with Gasteiger partial charge in [0.25, 0.3) is 0 Å². The summed E-state index contributed by atoms with van der Waals surface area (Å²) in [7, 11) is 1.80. The Morgan fingerprint density at radius 3 is 2.63 bits per heavy atom. The molecule has 1 amide bonds. The largest absolute Gasteiger partial charge is 0.486 e. The molecule has 0 aliphatic carbocycles. The van der Waals surface area contributed by atoms with E-state index < -0.39 is 0 Å². The number of rotatable bonds is 6. The lowest BCUT2D eigenvalue weighted by Gasteiger charge is -2.10. The number of carbonyl (C=O) groups is 1. The molecule has 0 aliphatic heterocycles. The second-order valence-corrected chi connectivity index (χ2v) is 6.13. The Morgan fingerprint density at radius 2 is 1.85 bits per heavy atom. The van der Waals surface area contributed by atoms with Crippen molar-refractivity contribution in [2.75, 3.05) is 5.32 Å².